The third-order valence-electron chi connectivity index (χ3n) is 6.17. The van der Waals surface area contributed by atoms with Crippen molar-refractivity contribution in [2.24, 2.45) is 5.14 Å². The van der Waals surface area contributed by atoms with Crippen LogP contribution in [0, 0.1) is 0 Å². The second-order valence-corrected chi connectivity index (χ2v) is 12.8. The maximum atomic E-state index is 13.4. The summed E-state index contributed by atoms with van der Waals surface area (Å²) in [6.45, 7) is 1.87. The minimum atomic E-state index is -3.84. The van der Waals surface area contributed by atoms with Crippen molar-refractivity contribution in [3.05, 3.63) is 125 Å². The average Bonchev–Trinajstić information content (AvgIpc) is 3.00. The highest BCUT2D eigenvalue weighted by molar-refractivity contribution is 8.00. The number of amides is 3. The first-order valence-corrected chi connectivity index (χ1v) is 16.2. The van der Waals surface area contributed by atoms with Crippen LogP contribution in [0.2, 0.25) is 5.02 Å². The third kappa shape index (κ3) is 9.29. The van der Waals surface area contributed by atoms with Crippen LogP contribution in [0.1, 0.15) is 29.3 Å². The molecule has 12 heteroatoms. The number of carbonyl (C=O) groups is 3. The second kappa shape index (κ2) is 14.8. The normalized spacial score (nSPS) is 12.2. The second-order valence-electron chi connectivity index (χ2n) is 9.49. The zero-order chi connectivity index (χ0) is 31.7. The molecule has 226 valence electrons. The van der Waals surface area contributed by atoms with E-state index in [1.165, 1.54) is 42.1 Å². The fourth-order valence-electron chi connectivity index (χ4n) is 3.99. The van der Waals surface area contributed by atoms with Gasteiger partial charge in [-0.25, -0.2) is 13.6 Å². The van der Waals surface area contributed by atoms with Gasteiger partial charge in [-0.3, -0.25) is 14.4 Å². The summed E-state index contributed by atoms with van der Waals surface area (Å²) in [5.74, 6) is -1.27. The summed E-state index contributed by atoms with van der Waals surface area (Å²) >= 11 is 7.43. The van der Waals surface area contributed by atoms with Crippen molar-refractivity contribution in [1.29, 1.82) is 0 Å². The molecule has 3 amide bonds. The molecule has 5 N–H and O–H groups in total. The maximum Gasteiger partial charge on any atom is 0.272 e. The first-order chi connectivity index (χ1) is 21.0. The van der Waals surface area contributed by atoms with Gasteiger partial charge in [0.2, 0.25) is 15.9 Å². The van der Waals surface area contributed by atoms with Gasteiger partial charge in [-0.05, 0) is 84.8 Å². The zero-order valence-electron chi connectivity index (χ0n) is 23.5. The first kappa shape index (κ1) is 32.5. The number of carbonyl (C=O) groups excluding carboxylic acids is 3. The number of anilines is 2. The molecule has 0 aliphatic rings. The summed E-state index contributed by atoms with van der Waals surface area (Å²) in [4.78, 5) is 40.0. The molecule has 0 fully saturated rings. The van der Waals surface area contributed by atoms with Gasteiger partial charge in [0.1, 0.15) is 5.70 Å². The lowest BCUT2D eigenvalue weighted by Crippen LogP contribution is -2.30. The van der Waals surface area contributed by atoms with Crippen molar-refractivity contribution in [2.75, 3.05) is 10.6 Å². The molecule has 4 rings (SSSR count). The van der Waals surface area contributed by atoms with Crippen molar-refractivity contribution in [2.45, 2.75) is 28.4 Å². The van der Waals surface area contributed by atoms with E-state index in [-0.39, 0.29) is 16.5 Å². The fraction of sp³-hybridized carbons (Fsp3) is 0.0938. The summed E-state index contributed by atoms with van der Waals surface area (Å²) in [6, 6.07) is 28.0. The highest BCUT2D eigenvalue weighted by atomic mass is 35.5. The van der Waals surface area contributed by atoms with Gasteiger partial charge in [0, 0.05) is 26.9 Å². The lowest BCUT2D eigenvalue weighted by molar-refractivity contribution is -0.116. The van der Waals surface area contributed by atoms with E-state index < -0.39 is 27.1 Å². The Hall–Kier alpha value is -4.42. The minimum absolute atomic E-state index is 0.0124. The molecule has 1 unspecified atom stereocenters. The highest BCUT2D eigenvalue weighted by Gasteiger charge is 2.20. The Labute approximate surface area is 264 Å². The lowest BCUT2D eigenvalue weighted by Gasteiger charge is -2.16. The van der Waals surface area contributed by atoms with Gasteiger partial charge in [-0.1, -0.05) is 54.9 Å². The summed E-state index contributed by atoms with van der Waals surface area (Å²) < 4.78 is 23.0. The van der Waals surface area contributed by atoms with E-state index in [9.17, 15) is 22.8 Å². The Bertz CT molecular complexity index is 1800. The molecule has 44 heavy (non-hydrogen) atoms. The lowest BCUT2D eigenvalue weighted by atomic mass is 10.1. The smallest absolute Gasteiger partial charge is 0.272 e. The quantitative estimate of drug-likeness (QED) is 0.117. The molecule has 0 radical (unpaired) electrons. The van der Waals surface area contributed by atoms with Crippen LogP contribution in [-0.2, 0) is 19.6 Å². The number of primary sulfonamides is 1. The SMILES string of the molecule is CCC(Sc1cccc(NC(=O)/C(=C/c2cccc(Cl)c2)NC(=O)c2ccccc2)c1)C(=O)Nc1ccc(S(N)(=O)=O)cc1. The van der Waals surface area contributed by atoms with Crippen LogP contribution in [0.4, 0.5) is 11.4 Å². The molecule has 1 atom stereocenters. The first-order valence-electron chi connectivity index (χ1n) is 13.4. The van der Waals surface area contributed by atoms with Crippen LogP contribution in [0.25, 0.3) is 6.08 Å². The molecular formula is C32H29ClN4O5S2. The molecule has 0 aliphatic heterocycles. The van der Waals surface area contributed by atoms with E-state index in [1.807, 2.05) is 13.0 Å². The Morgan fingerprint density at radius 2 is 1.57 bits per heavy atom. The molecule has 0 heterocycles. The van der Waals surface area contributed by atoms with Crippen LogP contribution in [-0.4, -0.2) is 31.4 Å². The van der Waals surface area contributed by atoms with Gasteiger partial charge in [0.25, 0.3) is 11.8 Å². The van der Waals surface area contributed by atoms with Gasteiger partial charge in [0.15, 0.2) is 0 Å². The molecule has 0 aromatic heterocycles. The van der Waals surface area contributed by atoms with Gasteiger partial charge in [-0.15, -0.1) is 11.8 Å². The molecular weight excluding hydrogens is 620 g/mol. The van der Waals surface area contributed by atoms with Crippen molar-refractivity contribution in [3.63, 3.8) is 0 Å². The van der Waals surface area contributed by atoms with E-state index in [0.717, 1.165) is 4.90 Å². The van der Waals surface area contributed by atoms with Crippen LogP contribution in [0.15, 0.2) is 119 Å². The maximum absolute atomic E-state index is 13.4. The number of halogens is 1. The highest BCUT2D eigenvalue weighted by Crippen LogP contribution is 2.29. The number of benzene rings is 4. The molecule has 4 aromatic carbocycles. The van der Waals surface area contributed by atoms with Crippen LogP contribution < -0.4 is 21.1 Å². The van der Waals surface area contributed by atoms with E-state index in [1.54, 1.807) is 72.8 Å². The molecule has 0 saturated heterocycles. The monoisotopic (exact) mass is 648 g/mol. The van der Waals surface area contributed by atoms with E-state index in [2.05, 4.69) is 16.0 Å². The minimum Gasteiger partial charge on any atom is -0.325 e. The van der Waals surface area contributed by atoms with Crippen molar-refractivity contribution >= 4 is 68.6 Å². The van der Waals surface area contributed by atoms with Gasteiger partial charge < -0.3 is 16.0 Å². The van der Waals surface area contributed by atoms with E-state index in [4.69, 9.17) is 16.7 Å². The van der Waals surface area contributed by atoms with Crippen molar-refractivity contribution in [1.82, 2.24) is 5.32 Å². The Morgan fingerprint density at radius 1 is 0.864 bits per heavy atom. The summed E-state index contributed by atoms with van der Waals surface area (Å²) in [5, 5.41) is 13.4. The molecule has 0 spiro atoms. The van der Waals surface area contributed by atoms with Crippen LogP contribution >= 0.6 is 23.4 Å². The number of thioether (sulfide) groups is 1. The molecule has 4 aromatic rings. The molecule has 0 bridgehead atoms. The van der Waals surface area contributed by atoms with Crippen LogP contribution in [0.3, 0.4) is 0 Å². The topological polar surface area (TPSA) is 147 Å². The third-order valence-corrected chi connectivity index (χ3v) is 8.69. The summed E-state index contributed by atoms with van der Waals surface area (Å²) in [7, 11) is -3.84. The predicted molar refractivity (Wildman–Crippen MR) is 175 cm³/mol. The zero-order valence-corrected chi connectivity index (χ0v) is 25.9. The van der Waals surface area contributed by atoms with Gasteiger partial charge >= 0.3 is 0 Å². The van der Waals surface area contributed by atoms with Gasteiger partial charge in [-0.2, -0.15) is 0 Å². The standard InChI is InChI=1S/C32H29ClN4O5S2/c1-2-29(32(40)35-24-14-16-27(17-15-24)44(34,41)42)43-26-13-7-12-25(20-26)36-31(39)28(19-21-8-6-11-23(33)18-21)37-30(38)22-9-4-3-5-10-22/h3-20,29H,2H2,1H3,(H,35,40)(H,36,39)(H,37,38)(H2,34,41,42)/b28-19-. The van der Waals surface area contributed by atoms with E-state index >= 15 is 0 Å². The van der Waals surface area contributed by atoms with Crippen molar-refractivity contribution in [3.8, 4) is 0 Å². The summed E-state index contributed by atoms with van der Waals surface area (Å²) in [6.07, 6.45) is 2.04. The number of hydrogen-bond donors (Lipinski definition) is 4. The van der Waals surface area contributed by atoms with Gasteiger partial charge in [0.05, 0.1) is 10.1 Å². The van der Waals surface area contributed by atoms with E-state index in [0.29, 0.717) is 33.9 Å². The molecule has 0 saturated carbocycles. The number of rotatable bonds is 11. The van der Waals surface area contributed by atoms with Crippen LogP contribution in [0.5, 0.6) is 0 Å². The number of sulfonamides is 1. The summed E-state index contributed by atoms with van der Waals surface area (Å²) in [5.41, 5.74) is 1.91. The largest absolute Gasteiger partial charge is 0.325 e. The Kier molecular flexibility index (Phi) is 11.0. The molecule has 9 nitrogen and oxygen atoms in total. The van der Waals surface area contributed by atoms with Crippen molar-refractivity contribution < 1.29 is 22.8 Å². The number of nitrogens with one attached hydrogen (secondary N) is 3. The molecule has 0 aliphatic carbocycles. The number of nitrogens with two attached hydrogens (primary N) is 1. The Morgan fingerprint density at radius 3 is 2.23 bits per heavy atom. The average molecular weight is 649 g/mol. The number of hydrogen-bond acceptors (Lipinski definition) is 6. The fourth-order valence-corrected chi connectivity index (χ4v) is 5.72. The Balaban J connectivity index is 1.48. The predicted octanol–water partition coefficient (Wildman–Crippen LogP) is 5.91.